The maximum Gasteiger partial charge on any atom is 0.267 e. The highest BCUT2D eigenvalue weighted by atomic mass is 19.3. The van der Waals surface area contributed by atoms with Gasteiger partial charge in [0.25, 0.3) is 6.43 Å². The lowest BCUT2D eigenvalue weighted by Gasteiger charge is -1.91. The summed E-state index contributed by atoms with van der Waals surface area (Å²) in [4.78, 5) is 0. The molecular formula is C6H7F2N2. The van der Waals surface area contributed by atoms with Crippen molar-refractivity contribution >= 4 is 0 Å². The zero-order valence-corrected chi connectivity index (χ0v) is 5.51. The van der Waals surface area contributed by atoms with Crippen LogP contribution in [0.25, 0.3) is 0 Å². The minimum Gasteiger partial charge on any atom is -0.272 e. The lowest BCUT2D eigenvalue weighted by molar-refractivity contribution is 0.151. The number of alkyl halides is 2. The zero-order chi connectivity index (χ0) is 7.56. The summed E-state index contributed by atoms with van der Waals surface area (Å²) in [5.74, 6) is 0. The van der Waals surface area contributed by atoms with E-state index in [0.29, 0.717) is 6.54 Å². The van der Waals surface area contributed by atoms with Gasteiger partial charge in [0.05, 0.1) is 5.56 Å². The summed E-state index contributed by atoms with van der Waals surface area (Å²) in [6, 6.07) is 0. The van der Waals surface area contributed by atoms with E-state index in [9.17, 15) is 8.78 Å². The molecule has 0 N–H and O–H groups in total. The Hall–Kier alpha value is -0.930. The topological polar surface area (TPSA) is 17.8 Å². The lowest BCUT2D eigenvalue weighted by Crippen LogP contribution is -1.92. The third-order valence-corrected chi connectivity index (χ3v) is 1.15. The fourth-order valence-corrected chi connectivity index (χ4v) is 0.607. The molecule has 0 aliphatic carbocycles. The molecule has 10 heavy (non-hydrogen) atoms. The smallest absolute Gasteiger partial charge is 0.267 e. The van der Waals surface area contributed by atoms with Crippen LogP contribution in [0.15, 0.2) is 6.20 Å². The summed E-state index contributed by atoms with van der Waals surface area (Å²) in [5.41, 5.74) is -0.137. The maximum atomic E-state index is 11.8. The van der Waals surface area contributed by atoms with Crippen LogP contribution in [-0.2, 0) is 6.54 Å². The fraction of sp³-hybridized carbons (Fsp3) is 0.500. The summed E-state index contributed by atoms with van der Waals surface area (Å²) in [6.07, 6.45) is 1.06. The van der Waals surface area contributed by atoms with E-state index in [0.717, 1.165) is 0 Å². The van der Waals surface area contributed by atoms with Crippen molar-refractivity contribution in [2.75, 3.05) is 0 Å². The predicted molar refractivity (Wildman–Crippen MR) is 31.7 cm³/mol. The van der Waals surface area contributed by atoms with E-state index in [1.165, 1.54) is 10.9 Å². The van der Waals surface area contributed by atoms with Crippen molar-refractivity contribution in [2.24, 2.45) is 0 Å². The molecule has 55 valence electrons. The normalized spacial score (nSPS) is 10.8. The van der Waals surface area contributed by atoms with Gasteiger partial charge in [-0.25, -0.2) is 8.78 Å². The molecule has 1 heterocycles. The number of nitrogens with zero attached hydrogens (tertiary/aromatic N) is 2. The molecular weight excluding hydrogens is 138 g/mol. The van der Waals surface area contributed by atoms with Crippen LogP contribution in [0.1, 0.15) is 18.9 Å². The summed E-state index contributed by atoms with van der Waals surface area (Å²) in [7, 11) is 0. The van der Waals surface area contributed by atoms with Crippen molar-refractivity contribution in [1.29, 1.82) is 0 Å². The minimum atomic E-state index is -2.46. The standard InChI is InChI=1S/C6H7F2N2/c1-2-10-4-5(3-9-10)6(7)8/h4,6H,2H2,1H3. The van der Waals surface area contributed by atoms with E-state index in [1.54, 1.807) is 0 Å². The molecule has 0 saturated carbocycles. The van der Waals surface area contributed by atoms with Gasteiger partial charge in [0.15, 0.2) is 0 Å². The van der Waals surface area contributed by atoms with Gasteiger partial charge in [0.2, 0.25) is 0 Å². The van der Waals surface area contributed by atoms with E-state index < -0.39 is 6.43 Å². The van der Waals surface area contributed by atoms with Gasteiger partial charge < -0.3 is 0 Å². The molecule has 0 unspecified atom stereocenters. The Bertz CT molecular complexity index is 207. The molecule has 0 saturated heterocycles. The zero-order valence-electron chi connectivity index (χ0n) is 5.51. The summed E-state index contributed by atoms with van der Waals surface area (Å²) in [6.45, 7) is 2.43. The summed E-state index contributed by atoms with van der Waals surface area (Å²) < 4.78 is 25.1. The molecule has 1 rings (SSSR count). The molecule has 0 aromatic carbocycles. The Morgan fingerprint density at radius 2 is 2.50 bits per heavy atom. The van der Waals surface area contributed by atoms with Gasteiger partial charge in [-0.3, -0.25) is 4.68 Å². The van der Waals surface area contributed by atoms with Crippen molar-refractivity contribution < 1.29 is 8.78 Å². The van der Waals surface area contributed by atoms with E-state index in [4.69, 9.17) is 0 Å². The Labute approximate surface area is 57.5 Å². The van der Waals surface area contributed by atoms with Crippen molar-refractivity contribution in [3.8, 4) is 0 Å². The fourth-order valence-electron chi connectivity index (χ4n) is 0.607. The summed E-state index contributed by atoms with van der Waals surface area (Å²) >= 11 is 0. The first-order chi connectivity index (χ1) is 4.74. The van der Waals surface area contributed by atoms with Gasteiger partial charge in [-0.15, -0.1) is 0 Å². The molecule has 0 aliphatic heterocycles. The molecule has 0 amide bonds. The van der Waals surface area contributed by atoms with Crippen LogP contribution in [-0.4, -0.2) is 9.78 Å². The van der Waals surface area contributed by atoms with Crippen LogP contribution < -0.4 is 0 Å². The third kappa shape index (κ3) is 1.32. The molecule has 0 bridgehead atoms. The van der Waals surface area contributed by atoms with Gasteiger partial charge in [-0.1, -0.05) is 0 Å². The second-order valence-electron chi connectivity index (χ2n) is 1.85. The van der Waals surface area contributed by atoms with Crippen LogP contribution in [0.3, 0.4) is 0 Å². The van der Waals surface area contributed by atoms with Crippen molar-refractivity contribution in [1.82, 2.24) is 9.78 Å². The average Bonchev–Trinajstić information content (AvgIpc) is 2.34. The van der Waals surface area contributed by atoms with Gasteiger partial charge in [0.1, 0.15) is 6.20 Å². The Balaban J connectivity index is 2.78. The Kier molecular flexibility index (Phi) is 1.99. The molecule has 2 nitrogen and oxygen atoms in total. The molecule has 0 spiro atoms. The van der Waals surface area contributed by atoms with Gasteiger partial charge in [-0.05, 0) is 6.92 Å². The highest BCUT2D eigenvalue weighted by molar-refractivity contribution is 5.03. The second-order valence-corrected chi connectivity index (χ2v) is 1.85. The average molecular weight is 145 g/mol. The largest absolute Gasteiger partial charge is 0.272 e. The Morgan fingerprint density at radius 3 is 2.80 bits per heavy atom. The van der Waals surface area contributed by atoms with Crippen LogP contribution in [0.4, 0.5) is 8.78 Å². The second kappa shape index (κ2) is 2.77. The number of aryl methyl sites for hydroxylation is 1. The first-order valence-corrected chi connectivity index (χ1v) is 2.97. The molecule has 0 aliphatic rings. The molecule has 1 aromatic rings. The Morgan fingerprint density at radius 1 is 1.80 bits per heavy atom. The molecule has 0 atom stereocenters. The SMILES string of the molecule is CCn1cc(C(F)F)[c]n1. The van der Waals surface area contributed by atoms with Gasteiger partial charge in [0, 0.05) is 12.7 Å². The first-order valence-electron chi connectivity index (χ1n) is 2.97. The van der Waals surface area contributed by atoms with E-state index in [2.05, 4.69) is 11.3 Å². The monoisotopic (exact) mass is 145 g/mol. The van der Waals surface area contributed by atoms with E-state index in [-0.39, 0.29) is 5.56 Å². The number of halogens is 2. The quantitative estimate of drug-likeness (QED) is 0.618. The number of hydrogen-bond acceptors (Lipinski definition) is 1. The van der Waals surface area contributed by atoms with Crippen molar-refractivity contribution in [3.63, 3.8) is 0 Å². The van der Waals surface area contributed by atoms with Crippen LogP contribution in [0.2, 0.25) is 0 Å². The number of rotatable bonds is 2. The first kappa shape index (κ1) is 7.18. The lowest BCUT2D eigenvalue weighted by atomic mass is 10.4. The molecule has 0 fully saturated rings. The predicted octanol–water partition coefficient (Wildman–Crippen LogP) is 1.64. The van der Waals surface area contributed by atoms with E-state index >= 15 is 0 Å². The van der Waals surface area contributed by atoms with E-state index in [1.807, 2.05) is 6.92 Å². The highest BCUT2D eigenvalue weighted by Crippen LogP contribution is 2.16. The van der Waals surface area contributed by atoms with Crippen molar-refractivity contribution in [2.45, 2.75) is 19.9 Å². The van der Waals surface area contributed by atoms with Crippen LogP contribution >= 0.6 is 0 Å². The maximum absolute atomic E-state index is 11.8. The minimum absolute atomic E-state index is 0.137. The number of hydrogen-bond donors (Lipinski definition) is 0. The molecule has 4 heteroatoms. The number of aromatic nitrogens is 2. The molecule has 1 radical (unpaired) electrons. The van der Waals surface area contributed by atoms with Gasteiger partial charge >= 0.3 is 0 Å². The molecule has 1 aromatic heterocycles. The van der Waals surface area contributed by atoms with Crippen LogP contribution in [0, 0.1) is 6.20 Å². The van der Waals surface area contributed by atoms with Crippen molar-refractivity contribution in [3.05, 3.63) is 18.0 Å². The third-order valence-electron chi connectivity index (χ3n) is 1.15. The summed E-state index contributed by atoms with van der Waals surface area (Å²) in [5, 5.41) is 3.57. The van der Waals surface area contributed by atoms with Gasteiger partial charge in [-0.2, -0.15) is 5.10 Å². The highest BCUT2D eigenvalue weighted by Gasteiger charge is 2.08. The van der Waals surface area contributed by atoms with Crippen LogP contribution in [0.5, 0.6) is 0 Å².